The van der Waals surface area contributed by atoms with Crippen molar-refractivity contribution in [1.29, 1.82) is 0 Å². The number of fused-ring (bicyclic) bond motifs is 3. The van der Waals surface area contributed by atoms with Crippen LogP contribution >= 0.6 is 0 Å². The molecule has 1 aliphatic heterocycles. The van der Waals surface area contributed by atoms with Crippen LogP contribution in [-0.4, -0.2) is 18.3 Å². The lowest BCUT2D eigenvalue weighted by Crippen LogP contribution is -2.45. The van der Waals surface area contributed by atoms with E-state index in [4.69, 9.17) is 9.31 Å². The van der Waals surface area contributed by atoms with E-state index in [0.717, 1.165) is 5.46 Å². The number of benzene rings is 2. The van der Waals surface area contributed by atoms with Crippen molar-refractivity contribution in [3.8, 4) is 11.1 Å². The molecule has 2 nitrogen and oxygen atoms in total. The van der Waals surface area contributed by atoms with Crippen molar-refractivity contribution >= 4 is 12.6 Å². The average Bonchev–Trinajstić information content (AvgIpc) is 2.89. The van der Waals surface area contributed by atoms with E-state index >= 15 is 0 Å². The highest BCUT2D eigenvalue weighted by Gasteiger charge is 2.52. The molecule has 0 saturated carbocycles. The van der Waals surface area contributed by atoms with Crippen molar-refractivity contribution in [2.45, 2.75) is 91.3 Å². The monoisotopic (exact) mass is 392 g/mol. The Kier molecular flexibility index (Phi) is 5.33. The summed E-state index contributed by atoms with van der Waals surface area (Å²) in [4.78, 5) is 0. The van der Waals surface area contributed by atoms with Crippen molar-refractivity contribution in [2.24, 2.45) is 0 Å². The summed E-state index contributed by atoms with van der Waals surface area (Å²) in [6.07, 6.45) is 0. The molecule has 0 bridgehead atoms. The van der Waals surface area contributed by atoms with Gasteiger partial charge in [0.25, 0.3) is 0 Å². The quantitative estimate of drug-likeness (QED) is 0.534. The van der Waals surface area contributed by atoms with Crippen LogP contribution in [0.4, 0.5) is 0 Å². The van der Waals surface area contributed by atoms with E-state index < -0.39 is 0 Å². The highest BCUT2D eigenvalue weighted by molar-refractivity contribution is 6.62. The molecule has 0 N–H and O–H groups in total. The first-order valence-electron chi connectivity index (χ1n) is 11.0. The Morgan fingerprint density at radius 2 is 1.10 bits per heavy atom. The van der Waals surface area contributed by atoms with E-state index in [2.05, 4.69) is 97.9 Å². The summed E-state index contributed by atoms with van der Waals surface area (Å²) in [6, 6.07) is 15.6. The van der Waals surface area contributed by atoms with Crippen molar-refractivity contribution < 1.29 is 9.31 Å². The fourth-order valence-corrected chi connectivity index (χ4v) is 4.38. The largest absolute Gasteiger partial charge is 0.494 e. The molecule has 2 aromatic rings. The lowest BCUT2D eigenvalue weighted by atomic mass is 9.55. The van der Waals surface area contributed by atoms with E-state index in [0.29, 0.717) is 0 Å². The van der Waals surface area contributed by atoms with Crippen LogP contribution in [-0.2, 0) is 20.1 Å². The second-order valence-electron chi connectivity index (χ2n) is 10.2. The lowest BCUT2D eigenvalue weighted by Gasteiger charge is -2.48. The Morgan fingerprint density at radius 1 is 0.621 bits per heavy atom. The number of hydrogen-bond acceptors (Lipinski definition) is 2. The van der Waals surface area contributed by atoms with Crippen LogP contribution < -0.4 is 5.46 Å². The first-order chi connectivity index (χ1) is 13.4. The molecule has 0 unspecified atom stereocenters. The fraction of sp³-hybridized carbons (Fsp3) is 0.538. The SMILES string of the molecule is CC.CC1(C)OB(c2ccc3c(c2)C(C)(C)C(C)(C)c2ccccc2-3)OC1(C)C. The molecule has 1 fully saturated rings. The minimum atomic E-state index is -0.324. The van der Waals surface area contributed by atoms with Gasteiger partial charge in [-0.15, -0.1) is 0 Å². The zero-order valence-corrected chi connectivity index (χ0v) is 19.9. The van der Waals surface area contributed by atoms with Gasteiger partial charge in [0.05, 0.1) is 11.2 Å². The molecule has 4 rings (SSSR count). The van der Waals surface area contributed by atoms with E-state index in [9.17, 15) is 0 Å². The van der Waals surface area contributed by atoms with Crippen LogP contribution in [0.5, 0.6) is 0 Å². The summed E-state index contributed by atoms with van der Waals surface area (Å²) in [5, 5.41) is 0. The highest BCUT2D eigenvalue weighted by atomic mass is 16.7. The molecule has 3 heteroatoms. The molecule has 0 amide bonds. The van der Waals surface area contributed by atoms with Crippen LogP contribution in [0.1, 0.15) is 80.4 Å². The van der Waals surface area contributed by atoms with Crippen LogP contribution in [0.3, 0.4) is 0 Å². The maximum Gasteiger partial charge on any atom is 0.494 e. The predicted molar refractivity (Wildman–Crippen MR) is 125 cm³/mol. The molecule has 2 aliphatic rings. The molecule has 29 heavy (non-hydrogen) atoms. The van der Waals surface area contributed by atoms with Crippen LogP contribution in [0.2, 0.25) is 0 Å². The number of rotatable bonds is 1. The third-order valence-corrected chi connectivity index (χ3v) is 7.70. The topological polar surface area (TPSA) is 18.5 Å². The third kappa shape index (κ3) is 3.18. The molecular weight excluding hydrogens is 355 g/mol. The second kappa shape index (κ2) is 6.99. The van der Waals surface area contributed by atoms with Gasteiger partial charge in [0, 0.05) is 0 Å². The highest BCUT2D eigenvalue weighted by Crippen LogP contribution is 2.53. The van der Waals surface area contributed by atoms with Gasteiger partial charge in [-0.3, -0.25) is 0 Å². The average molecular weight is 392 g/mol. The van der Waals surface area contributed by atoms with Crippen LogP contribution in [0.25, 0.3) is 11.1 Å². The van der Waals surface area contributed by atoms with Gasteiger partial charge in [-0.25, -0.2) is 0 Å². The number of hydrogen-bond donors (Lipinski definition) is 0. The minimum Gasteiger partial charge on any atom is -0.399 e. The maximum atomic E-state index is 6.31. The van der Waals surface area contributed by atoms with E-state index in [1.54, 1.807) is 0 Å². The molecule has 1 aliphatic carbocycles. The van der Waals surface area contributed by atoms with Crippen molar-refractivity contribution in [1.82, 2.24) is 0 Å². The van der Waals surface area contributed by atoms with Gasteiger partial charge in [-0.05, 0) is 66.2 Å². The Labute approximate surface area is 178 Å². The molecular formula is C26H37BO2. The zero-order chi connectivity index (χ0) is 21.8. The Morgan fingerprint density at radius 3 is 1.69 bits per heavy atom. The zero-order valence-electron chi connectivity index (χ0n) is 19.9. The van der Waals surface area contributed by atoms with E-state index in [-0.39, 0.29) is 29.2 Å². The first-order valence-corrected chi connectivity index (χ1v) is 11.0. The summed E-state index contributed by atoms with van der Waals surface area (Å²) >= 11 is 0. The first kappa shape index (κ1) is 22.1. The summed E-state index contributed by atoms with van der Waals surface area (Å²) in [6.45, 7) is 21.9. The van der Waals surface area contributed by atoms with Gasteiger partial charge in [0.15, 0.2) is 0 Å². The predicted octanol–water partition coefficient (Wildman–Crippen LogP) is 6.25. The van der Waals surface area contributed by atoms with Gasteiger partial charge in [-0.2, -0.15) is 0 Å². The maximum absolute atomic E-state index is 6.31. The molecule has 0 atom stereocenters. The molecule has 0 aromatic heterocycles. The molecule has 0 spiro atoms. The van der Waals surface area contributed by atoms with E-state index in [1.165, 1.54) is 22.3 Å². The Bertz CT molecular complexity index is 893. The molecule has 1 saturated heterocycles. The van der Waals surface area contributed by atoms with Gasteiger partial charge < -0.3 is 9.31 Å². The molecule has 2 aromatic carbocycles. The summed E-state index contributed by atoms with van der Waals surface area (Å²) < 4.78 is 12.6. The molecule has 0 radical (unpaired) electrons. The van der Waals surface area contributed by atoms with Crippen LogP contribution in [0, 0.1) is 0 Å². The van der Waals surface area contributed by atoms with Gasteiger partial charge >= 0.3 is 7.12 Å². The van der Waals surface area contributed by atoms with E-state index in [1.807, 2.05) is 13.8 Å². The summed E-state index contributed by atoms with van der Waals surface area (Å²) in [7, 11) is -0.323. The van der Waals surface area contributed by atoms with Crippen molar-refractivity contribution in [3.05, 3.63) is 53.6 Å². The van der Waals surface area contributed by atoms with Gasteiger partial charge in [0.1, 0.15) is 0 Å². The lowest BCUT2D eigenvalue weighted by molar-refractivity contribution is 0.00578. The normalized spacial score (nSPS) is 22.2. The summed E-state index contributed by atoms with van der Waals surface area (Å²) in [5.74, 6) is 0. The molecule has 156 valence electrons. The van der Waals surface area contributed by atoms with Crippen LogP contribution in [0.15, 0.2) is 42.5 Å². The third-order valence-electron chi connectivity index (χ3n) is 7.70. The smallest absolute Gasteiger partial charge is 0.399 e. The summed E-state index contributed by atoms with van der Waals surface area (Å²) in [5.41, 5.74) is 5.96. The van der Waals surface area contributed by atoms with Crippen molar-refractivity contribution in [3.63, 3.8) is 0 Å². The second-order valence-corrected chi connectivity index (χ2v) is 10.2. The Balaban J connectivity index is 0.00000117. The fourth-order valence-electron chi connectivity index (χ4n) is 4.38. The van der Waals surface area contributed by atoms with Gasteiger partial charge in [-0.1, -0.05) is 84.0 Å². The van der Waals surface area contributed by atoms with Gasteiger partial charge in [0.2, 0.25) is 0 Å². The molecule has 1 heterocycles. The van der Waals surface area contributed by atoms with Crippen molar-refractivity contribution in [2.75, 3.05) is 0 Å². The Hall–Kier alpha value is -1.58. The minimum absolute atomic E-state index is 0.00363. The standard InChI is InChI=1S/C24H31BO2.C2H6/c1-21(2)19-12-10-9-11-17(19)18-14-13-16(15-20(18)22(21,3)4)25-26-23(5,6)24(7,8)27-25;1-2/h9-15H,1-8H3;1-2H3.